The van der Waals surface area contributed by atoms with E-state index in [0.717, 1.165) is 35.4 Å². The van der Waals surface area contributed by atoms with Crippen molar-refractivity contribution in [2.24, 2.45) is 0 Å². The number of hydrogen-bond acceptors (Lipinski definition) is 3. The fourth-order valence-corrected chi connectivity index (χ4v) is 1.99. The smallest absolute Gasteiger partial charge is 0.165 e. The van der Waals surface area contributed by atoms with Crippen molar-refractivity contribution in [2.45, 2.75) is 25.6 Å². The highest BCUT2D eigenvalue weighted by atomic mass is 79.9. The minimum Gasteiger partial charge on any atom is -0.490 e. The summed E-state index contributed by atoms with van der Waals surface area (Å²) in [6.45, 7) is 6.62. The summed E-state index contributed by atoms with van der Waals surface area (Å²) in [6, 6.07) is 5.93. The minimum absolute atomic E-state index is 0.546. The molecule has 0 unspecified atom stereocenters. The van der Waals surface area contributed by atoms with Crippen LogP contribution in [0.4, 0.5) is 0 Å². The Hall–Kier alpha value is -0.740. The molecule has 4 heteroatoms. The SMILES string of the molecule is CCCOCCOc1c(CBr)cccc1OCC. The summed E-state index contributed by atoms with van der Waals surface area (Å²) < 4.78 is 16.7. The Labute approximate surface area is 118 Å². The predicted molar refractivity (Wildman–Crippen MR) is 76.8 cm³/mol. The fourth-order valence-electron chi connectivity index (χ4n) is 1.55. The van der Waals surface area contributed by atoms with Gasteiger partial charge in [-0.25, -0.2) is 0 Å². The lowest BCUT2D eigenvalue weighted by Gasteiger charge is -2.15. The quantitative estimate of drug-likeness (QED) is 0.512. The number of rotatable bonds is 9. The van der Waals surface area contributed by atoms with Gasteiger partial charge in [0.05, 0.1) is 13.2 Å². The molecule has 102 valence electrons. The van der Waals surface area contributed by atoms with Gasteiger partial charge < -0.3 is 14.2 Å². The third kappa shape index (κ3) is 4.86. The molecule has 18 heavy (non-hydrogen) atoms. The fraction of sp³-hybridized carbons (Fsp3) is 0.571. The van der Waals surface area contributed by atoms with Gasteiger partial charge in [-0.15, -0.1) is 0 Å². The third-order valence-corrected chi connectivity index (χ3v) is 2.93. The second kappa shape index (κ2) is 9.22. The Morgan fingerprint density at radius 3 is 2.56 bits per heavy atom. The maximum atomic E-state index is 5.78. The van der Waals surface area contributed by atoms with Crippen LogP contribution in [0.15, 0.2) is 18.2 Å². The van der Waals surface area contributed by atoms with Gasteiger partial charge in [-0.1, -0.05) is 35.0 Å². The Bertz CT molecular complexity index is 342. The van der Waals surface area contributed by atoms with E-state index in [0.29, 0.717) is 19.8 Å². The lowest BCUT2D eigenvalue weighted by Crippen LogP contribution is -2.09. The molecular weight excluding hydrogens is 296 g/mol. The van der Waals surface area contributed by atoms with Crippen LogP contribution < -0.4 is 9.47 Å². The number of hydrogen-bond donors (Lipinski definition) is 0. The molecule has 0 spiro atoms. The molecular formula is C14H21BrO3. The second-order valence-corrected chi connectivity index (χ2v) is 4.33. The molecule has 0 saturated carbocycles. The van der Waals surface area contributed by atoms with Crippen molar-refractivity contribution in [1.29, 1.82) is 0 Å². The van der Waals surface area contributed by atoms with Gasteiger partial charge in [-0.2, -0.15) is 0 Å². The van der Waals surface area contributed by atoms with Crippen LogP contribution in [0, 0.1) is 0 Å². The molecule has 1 aromatic rings. The van der Waals surface area contributed by atoms with Gasteiger partial charge in [0, 0.05) is 17.5 Å². The van der Waals surface area contributed by atoms with E-state index in [1.165, 1.54) is 0 Å². The first-order chi connectivity index (χ1) is 8.83. The first-order valence-electron chi connectivity index (χ1n) is 6.34. The van der Waals surface area contributed by atoms with Gasteiger partial charge in [0.2, 0.25) is 0 Å². The van der Waals surface area contributed by atoms with Crippen LogP contribution in [-0.2, 0) is 10.1 Å². The van der Waals surface area contributed by atoms with E-state index in [1.54, 1.807) is 0 Å². The van der Waals surface area contributed by atoms with E-state index in [2.05, 4.69) is 22.9 Å². The first kappa shape index (κ1) is 15.3. The van der Waals surface area contributed by atoms with Crippen LogP contribution in [-0.4, -0.2) is 26.4 Å². The van der Waals surface area contributed by atoms with Crippen molar-refractivity contribution in [2.75, 3.05) is 26.4 Å². The van der Waals surface area contributed by atoms with E-state index in [4.69, 9.17) is 14.2 Å². The van der Waals surface area contributed by atoms with Crippen molar-refractivity contribution in [1.82, 2.24) is 0 Å². The molecule has 0 fully saturated rings. The molecule has 0 heterocycles. The molecule has 0 aliphatic rings. The lowest BCUT2D eigenvalue weighted by molar-refractivity contribution is 0.0989. The Morgan fingerprint density at radius 1 is 1.06 bits per heavy atom. The molecule has 1 rings (SSSR count). The third-order valence-electron chi connectivity index (χ3n) is 2.33. The summed E-state index contributed by atoms with van der Waals surface area (Å²) in [7, 11) is 0. The Kier molecular flexibility index (Phi) is 7.85. The maximum absolute atomic E-state index is 5.78. The number of benzene rings is 1. The molecule has 0 atom stereocenters. The molecule has 0 amide bonds. The van der Waals surface area contributed by atoms with Crippen molar-refractivity contribution in [3.05, 3.63) is 23.8 Å². The average Bonchev–Trinajstić information content (AvgIpc) is 2.40. The zero-order chi connectivity index (χ0) is 13.2. The van der Waals surface area contributed by atoms with Crippen LogP contribution >= 0.6 is 15.9 Å². The van der Waals surface area contributed by atoms with Gasteiger partial charge in [0.15, 0.2) is 11.5 Å². The van der Waals surface area contributed by atoms with Gasteiger partial charge in [0.1, 0.15) is 6.61 Å². The zero-order valence-corrected chi connectivity index (χ0v) is 12.7. The maximum Gasteiger partial charge on any atom is 0.165 e. The summed E-state index contributed by atoms with van der Waals surface area (Å²) >= 11 is 3.46. The van der Waals surface area contributed by atoms with Crippen LogP contribution in [0.5, 0.6) is 11.5 Å². The Morgan fingerprint density at radius 2 is 1.89 bits per heavy atom. The highest BCUT2D eigenvalue weighted by Gasteiger charge is 2.09. The van der Waals surface area contributed by atoms with Gasteiger partial charge in [-0.05, 0) is 19.4 Å². The molecule has 0 bridgehead atoms. The van der Waals surface area contributed by atoms with Crippen LogP contribution in [0.3, 0.4) is 0 Å². The largest absolute Gasteiger partial charge is 0.490 e. The molecule has 0 radical (unpaired) electrons. The summed E-state index contributed by atoms with van der Waals surface area (Å²) in [5.74, 6) is 1.61. The van der Waals surface area contributed by atoms with Crippen LogP contribution in [0.1, 0.15) is 25.8 Å². The van der Waals surface area contributed by atoms with Crippen molar-refractivity contribution >= 4 is 15.9 Å². The standard InChI is InChI=1S/C14H21BrO3/c1-3-8-16-9-10-18-14-12(11-15)6-5-7-13(14)17-4-2/h5-7H,3-4,8-11H2,1-2H3. The van der Waals surface area contributed by atoms with Gasteiger partial charge in [0.25, 0.3) is 0 Å². The van der Waals surface area contributed by atoms with E-state index in [-0.39, 0.29) is 0 Å². The molecule has 1 aromatic carbocycles. The topological polar surface area (TPSA) is 27.7 Å². The van der Waals surface area contributed by atoms with E-state index in [9.17, 15) is 0 Å². The number of para-hydroxylation sites is 1. The second-order valence-electron chi connectivity index (χ2n) is 3.77. The van der Waals surface area contributed by atoms with E-state index < -0.39 is 0 Å². The molecule has 0 saturated heterocycles. The molecule has 3 nitrogen and oxygen atoms in total. The zero-order valence-electron chi connectivity index (χ0n) is 11.1. The average molecular weight is 317 g/mol. The Balaban J connectivity index is 2.60. The summed E-state index contributed by atoms with van der Waals surface area (Å²) in [5, 5.41) is 0.749. The van der Waals surface area contributed by atoms with Crippen molar-refractivity contribution in [3.8, 4) is 11.5 Å². The van der Waals surface area contributed by atoms with Crippen LogP contribution in [0.2, 0.25) is 0 Å². The highest BCUT2D eigenvalue weighted by Crippen LogP contribution is 2.32. The predicted octanol–water partition coefficient (Wildman–Crippen LogP) is 3.79. The first-order valence-corrected chi connectivity index (χ1v) is 7.46. The van der Waals surface area contributed by atoms with Crippen molar-refractivity contribution < 1.29 is 14.2 Å². The number of halogens is 1. The molecule has 0 aromatic heterocycles. The van der Waals surface area contributed by atoms with E-state index >= 15 is 0 Å². The summed E-state index contributed by atoms with van der Waals surface area (Å²) in [5.41, 5.74) is 1.09. The minimum atomic E-state index is 0.546. The number of alkyl halides is 1. The summed E-state index contributed by atoms with van der Waals surface area (Å²) in [6.07, 6.45) is 1.03. The molecule has 0 aliphatic carbocycles. The molecule has 0 aliphatic heterocycles. The lowest BCUT2D eigenvalue weighted by atomic mass is 10.2. The van der Waals surface area contributed by atoms with E-state index in [1.807, 2.05) is 25.1 Å². The number of ether oxygens (including phenoxy) is 3. The van der Waals surface area contributed by atoms with Crippen LogP contribution in [0.25, 0.3) is 0 Å². The monoisotopic (exact) mass is 316 g/mol. The summed E-state index contributed by atoms with van der Waals surface area (Å²) in [4.78, 5) is 0. The highest BCUT2D eigenvalue weighted by molar-refractivity contribution is 9.08. The van der Waals surface area contributed by atoms with Gasteiger partial charge >= 0.3 is 0 Å². The molecule has 0 N–H and O–H groups in total. The van der Waals surface area contributed by atoms with Crippen molar-refractivity contribution in [3.63, 3.8) is 0 Å². The normalized spacial score (nSPS) is 10.4. The van der Waals surface area contributed by atoms with Gasteiger partial charge in [-0.3, -0.25) is 0 Å².